The zero-order chi connectivity index (χ0) is 13.5. The van der Waals surface area contributed by atoms with Gasteiger partial charge in [-0.3, -0.25) is 4.79 Å². The lowest BCUT2D eigenvalue weighted by Gasteiger charge is -2.07. The summed E-state index contributed by atoms with van der Waals surface area (Å²) in [6.45, 7) is 4.36. The molecule has 0 saturated heterocycles. The van der Waals surface area contributed by atoms with Crippen molar-refractivity contribution in [3.05, 3.63) is 72.8 Å². The molecule has 0 spiro atoms. The van der Waals surface area contributed by atoms with Gasteiger partial charge in [-0.25, -0.2) is 0 Å². The van der Waals surface area contributed by atoms with E-state index in [-0.39, 0.29) is 5.91 Å². The Morgan fingerprint density at radius 1 is 1.00 bits per heavy atom. The molecule has 0 atom stereocenters. The molecule has 0 aliphatic rings. The summed E-state index contributed by atoms with van der Waals surface area (Å²) < 4.78 is 0. The maximum atomic E-state index is 11.9. The van der Waals surface area contributed by atoms with Crippen molar-refractivity contribution in [3.8, 4) is 0 Å². The molecular formula is C16H16N2O. The zero-order valence-electron chi connectivity index (χ0n) is 10.6. The quantitative estimate of drug-likeness (QED) is 0.799. The van der Waals surface area contributed by atoms with E-state index < -0.39 is 0 Å². The largest absolute Gasteiger partial charge is 0.382 e. The molecule has 0 fully saturated rings. The van der Waals surface area contributed by atoms with Gasteiger partial charge < -0.3 is 10.6 Å². The highest BCUT2D eigenvalue weighted by atomic mass is 16.1. The minimum atomic E-state index is -0.104. The topological polar surface area (TPSA) is 41.1 Å². The Morgan fingerprint density at radius 2 is 1.63 bits per heavy atom. The number of amides is 1. The number of hydrogen-bond donors (Lipinski definition) is 2. The maximum absolute atomic E-state index is 11.9. The van der Waals surface area contributed by atoms with Gasteiger partial charge in [-0.2, -0.15) is 0 Å². The Hall–Kier alpha value is -2.55. The molecule has 0 aliphatic heterocycles. The first-order valence-electron chi connectivity index (χ1n) is 6.11. The summed E-state index contributed by atoms with van der Waals surface area (Å²) in [5.41, 5.74) is 2.42. The maximum Gasteiger partial charge on any atom is 0.255 e. The van der Waals surface area contributed by atoms with Crippen molar-refractivity contribution in [1.82, 2.24) is 0 Å². The van der Waals surface area contributed by atoms with E-state index in [1.165, 1.54) is 0 Å². The van der Waals surface area contributed by atoms with Gasteiger partial charge >= 0.3 is 0 Å². The van der Waals surface area contributed by atoms with Gasteiger partial charge in [0, 0.05) is 23.5 Å². The molecule has 0 saturated carbocycles. The van der Waals surface area contributed by atoms with Crippen molar-refractivity contribution < 1.29 is 4.79 Å². The van der Waals surface area contributed by atoms with E-state index in [1.54, 1.807) is 18.2 Å². The third-order valence-corrected chi connectivity index (χ3v) is 2.63. The van der Waals surface area contributed by atoms with E-state index in [9.17, 15) is 4.79 Å². The fourth-order valence-electron chi connectivity index (χ4n) is 1.65. The van der Waals surface area contributed by atoms with Crippen LogP contribution in [-0.4, -0.2) is 12.5 Å². The smallest absolute Gasteiger partial charge is 0.255 e. The molecule has 2 rings (SSSR count). The summed E-state index contributed by atoms with van der Waals surface area (Å²) in [7, 11) is 0. The molecule has 19 heavy (non-hydrogen) atoms. The van der Waals surface area contributed by atoms with Gasteiger partial charge in [-0.05, 0) is 36.4 Å². The molecule has 96 valence electrons. The summed E-state index contributed by atoms with van der Waals surface area (Å²) in [5.74, 6) is -0.104. The summed E-state index contributed by atoms with van der Waals surface area (Å²) in [4.78, 5) is 11.9. The molecule has 0 heterocycles. The van der Waals surface area contributed by atoms with Crippen LogP contribution < -0.4 is 10.6 Å². The first-order chi connectivity index (χ1) is 9.29. The number of benzene rings is 2. The van der Waals surface area contributed by atoms with E-state index in [1.807, 2.05) is 42.5 Å². The summed E-state index contributed by atoms with van der Waals surface area (Å²) in [6.07, 6.45) is 1.80. The monoisotopic (exact) mass is 252 g/mol. The zero-order valence-corrected chi connectivity index (χ0v) is 10.6. The van der Waals surface area contributed by atoms with Crippen LogP contribution in [0.5, 0.6) is 0 Å². The Kier molecular flexibility index (Phi) is 4.34. The van der Waals surface area contributed by atoms with Crippen LogP contribution in [0.1, 0.15) is 10.4 Å². The van der Waals surface area contributed by atoms with Gasteiger partial charge in [0.25, 0.3) is 5.91 Å². The SMILES string of the molecule is C=CCNc1ccc(NC(=O)c2ccccc2)cc1. The van der Waals surface area contributed by atoms with Crippen molar-refractivity contribution in [1.29, 1.82) is 0 Å². The second kappa shape index (κ2) is 6.40. The predicted molar refractivity (Wildman–Crippen MR) is 79.5 cm³/mol. The van der Waals surface area contributed by atoms with Crippen LogP contribution in [-0.2, 0) is 0 Å². The van der Waals surface area contributed by atoms with Gasteiger partial charge in [-0.1, -0.05) is 24.3 Å². The fourth-order valence-corrected chi connectivity index (χ4v) is 1.65. The number of carbonyl (C=O) groups is 1. The highest BCUT2D eigenvalue weighted by molar-refractivity contribution is 6.04. The summed E-state index contributed by atoms with van der Waals surface area (Å²) in [5, 5.41) is 6.03. The lowest BCUT2D eigenvalue weighted by atomic mass is 10.2. The van der Waals surface area contributed by atoms with Gasteiger partial charge in [0.1, 0.15) is 0 Å². The normalized spacial score (nSPS) is 9.68. The molecule has 1 amide bonds. The third-order valence-electron chi connectivity index (χ3n) is 2.63. The number of hydrogen-bond acceptors (Lipinski definition) is 2. The number of rotatable bonds is 5. The number of carbonyl (C=O) groups excluding carboxylic acids is 1. The van der Waals surface area contributed by atoms with Crippen LogP contribution >= 0.6 is 0 Å². The second-order valence-electron chi connectivity index (χ2n) is 4.07. The molecule has 0 aliphatic carbocycles. The van der Waals surface area contributed by atoms with Gasteiger partial charge in [0.05, 0.1) is 0 Å². The van der Waals surface area contributed by atoms with Crippen molar-refractivity contribution >= 4 is 17.3 Å². The van der Waals surface area contributed by atoms with E-state index in [2.05, 4.69) is 17.2 Å². The Labute approximate surface area is 113 Å². The highest BCUT2D eigenvalue weighted by Crippen LogP contribution is 2.14. The van der Waals surface area contributed by atoms with Crippen molar-refractivity contribution in [3.63, 3.8) is 0 Å². The molecule has 0 unspecified atom stereocenters. The first-order valence-corrected chi connectivity index (χ1v) is 6.11. The molecule has 0 radical (unpaired) electrons. The Bertz CT molecular complexity index is 547. The van der Waals surface area contributed by atoms with Crippen LogP contribution in [0.15, 0.2) is 67.3 Å². The minimum absolute atomic E-state index is 0.104. The Balaban J connectivity index is 1.99. The second-order valence-corrected chi connectivity index (χ2v) is 4.07. The Morgan fingerprint density at radius 3 is 2.26 bits per heavy atom. The molecule has 0 bridgehead atoms. The highest BCUT2D eigenvalue weighted by Gasteiger charge is 2.04. The number of nitrogens with one attached hydrogen (secondary N) is 2. The van der Waals surface area contributed by atoms with Gasteiger partial charge in [-0.15, -0.1) is 6.58 Å². The van der Waals surface area contributed by atoms with Crippen LogP contribution in [0, 0.1) is 0 Å². The van der Waals surface area contributed by atoms with Gasteiger partial charge in [0.15, 0.2) is 0 Å². The molecule has 3 heteroatoms. The van der Waals surface area contributed by atoms with E-state index >= 15 is 0 Å². The summed E-state index contributed by atoms with van der Waals surface area (Å²) >= 11 is 0. The summed E-state index contributed by atoms with van der Waals surface area (Å²) in [6, 6.07) is 16.7. The minimum Gasteiger partial charge on any atom is -0.382 e. The lowest BCUT2D eigenvalue weighted by molar-refractivity contribution is 0.102. The standard InChI is InChI=1S/C16H16N2O/c1-2-12-17-14-8-10-15(11-9-14)18-16(19)13-6-4-3-5-7-13/h2-11,17H,1,12H2,(H,18,19). The van der Waals surface area contributed by atoms with Crippen LogP contribution in [0.3, 0.4) is 0 Å². The first kappa shape index (κ1) is 12.9. The fraction of sp³-hybridized carbons (Fsp3) is 0.0625. The van der Waals surface area contributed by atoms with E-state index in [0.29, 0.717) is 5.56 Å². The van der Waals surface area contributed by atoms with Crippen LogP contribution in [0.25, 0.3) is 0 Å². The predicted octanol–water partition coefficient (Wildman–Crippen LogP) is 3.54. The average Bonchev–Trinajstić information content (AvgIpc) is 2.47. The molecular weight excluding hydrogens is 236 g/mol. The molecule has 2 aromatic rings. The van der Waals surface area contributed by atoms with E-state index in [0.717, 1.165) is 17.9 Å². The molecule has 3 nitrogen and oxygen atoms in total. The van der Waals surface area contributed by atoms with Crippen LogP contribution in [0.4, 0.5) is 11.4 Å². The van der Waals surface area contributed by atoms with Crippen molar-refractivity contribution in [2.24, 2.45) is 0 Å². The van der Waals surface area contributed by atoms with Gasteiger partial charge in [0.2, 0.25) is 0 Å². The lowest BCUT2D eigenvalue weighted by Crippen LogP contribution is -2.11. The number of anilines is 2. The van der Waals surface area contributed by atoms with Crippen molar-refractivity contribution in [2.45, 2.75) is 0 Å². The average molecular weight is 252 g/mol. The van der Waals surface area contributed by atoms with E-state index in [4.69, 9.17) is 0 Å². The molecule has 2 N–H and O–H groups in total. The third kappa shape index (κ3) is 3.71. The van der Waals surface area contributed by atoms with Crippen LogP contribution in [0.2, 0.25) is 0 Å². The molecule has 0 aromatic heterocycles. The van der Waals surface area contributed by atoms with Crippen molar-refractivity contribution in [2.75, 3.05) is 17.2 Å². The molecule has 2 aromatic carbocycles.